The molecule has 0 unspecified atom stereocenters. The molecule has 17 nitrogen and oxygen atoms in total. The molecule has 5 heterocycles. The maximum Gasteiger partial charge on any atom is 1.00 e. The fourth-order valence-corrected chi connectivity index (χ4v) is 7.64. The van der Waals surface area contributed by atoms with Crippen molar-refractivity contribution >= 4 is 74.5 Å². The Bertz CT molecular complexity index is 3310. The quantitative estimate of drug-likeness (QED) is 0.124. The van der Waals surface area contributed by atoms with E-state index in [1.165, 1.54) is 18.2 Å². The van der Waals surface area contributed by atoms with Crippen molar-refractivity contribution in [1.82, 2.24) is 39.9 Å². The maximum atomic E-state index is 12.0. The Labute approximate surface area is 376 Å². The Morgan fingerprint density at radius 1 is 0.382 bits per heavy atom. The van der Waals surface area contributed by atoms with Gasteiger partial charge < -0.3 is 23.6 Å². The van der Waals surface area contributed by atoms with E-state index in [2.05, 4.69) is 29.9 Å². The first-order chi connectivity index (χ1) is 24.6. The molecule has 2 N–H and O–H groups in total. The van der Waals surface area contributed by atoms with Crippen molar-refractivity contribution in [2.75, 3.05) is 0 Å². The summed E-state index contributed by atoms with van der Waals surface area (Å²) in [7, 11) is -14.7. The summed E-state index contributed by atoms with van der Waals surface area (Å²) in [5.41, 5.74) is 1.73. The van der Waals surface area contributed by atoms with Gasteiger partial charge in [0.05, 0.1) is 14.7 Å². The van der Waals surface area contributed by atoms with Gasteiger partial charge in [0, 0.05) is 43.8 Å². The first-order valence-electron chi connectivity index (χ1n) is 14.8. The SMILES string of the molecule is O=S(=O)([O-])c1ccc2c(c1)-c1nc-2nc2nc(nc3[nH]c(nc4[nH]c(n1)c1ccc(S(=O)(=O)[O-])cc41)c1ccc(S(=O)(=O)[O-])cc31)-c1ccccc1-2.[Na+].[Na+].[Na+]. The number of hydrogen-bond acceptors (Lipinski definition) is 15. The summed E-state index contributed by atoms with van der Waals surface area (Å²) in [6, 6.07) is 17.7. The number of benzene rings is 4. The van der Waals surface area contributed by atoms with E-state index in [0.717, 1.165) is 36.4 Å². The third-order valence-electron chi connectivity index (χ3n) is 8.52. The Hall–Kier alpha value is -3.03. The van der Waals surface area contributed by atoms with Crippen LogP contribution in [0.25, 0.3) is 89.7 Å². The third kappa shape index (κ3) is 7.35. The fourth-order valence-electron chi connectivity index (χ4n) is 6.15. The van der Waals surface area contributed by atoms with E-state index in [-0.39, 0.29) is 156 Å². The molecular formula is C32H15N8Na3O9S3. The molecule has 7 aromatic rings. The molecule has 8 bridgehead atoms. The first kappa shape index (κ1) is 41.6. The molecule has 258 valence electrons. The molecule has 0 aliphatic carbocycles. The van der Waals surface area contributed by atoms with Crippen LogP contribution >= 0.6 is 0 Å². The number of fused-ring (bicyclic) bond motifs is 20. The average Bonchev–Trinajstić information content (AvgIpc) is 3.82. The van der Waals surface area contributed by atoms with E-state index in [4.69, 9.17) is 9.97 Å². The van der Waals surface area contributed by atoms with Crippen LogP contribution in [-0.4, -0.2) is 78.8 Å². The van der Waals surface area contributed by atoms with Crippen molar-refractivity contribution < 1.29 is 128 Å². The van der Waals surface area contributed by atoms with Gasteiger partial charge in [-0.25, -0.2) is 55.2 Å². The second-order valence-electron chi connectivity index (χ2n) is 11.6. The summed E-state index contributed by atoms with van der Waals surface area (Å²) in [6.07, 6.45) is 0. The van der Waals surface area contributed by atoms with E-state index in [1.807, 2.05) is 0 Å². The van der Waals surface area contributed by atoms with Crippen molar-refractivity contribution in [1.29, 1.82) is 0 Å². The molecular weight excluding hydrogens is 806 g/mol. The minimum absolute atomic E-state index is 0. The number of hydrogen-bond donors (Lipinski definition) is 2. The van der Waals surface area contributed by atoms with E-state index in [9.17, 15) is 38.9 Å². The molecule has 23 heteroatoms. The van der Waals surface area contributed by atoms with Gasteiger partial charge in [0.15, 0.2) is 23.3 Å². The Morgan fingerprint density at radius 2 is 0.727 bits per heavy atom. The topological polar surface area (TPSA) is 281 Å². The number of aromatic nitrogens is 8. The molecule has 2 aliphatic heterocycles. The number of nitrogens with one attached hydrogen (secondary N) is 2. The predicted octanol–water partition coefficient (Wildman–Crippen LogP) is -5.41. The average molecular weight is 821 g/mol. The van der Waals surface area contributed by atoms with Crippen LogP contribution in [0, 0.1) is 0 Å². The summed E-state index contributed by atoms with van der Waals surface area (Å²) in [4.78, 5) is 32.3. The van der Waals surface area contributed by atoms with Gasteiger partial charge in [-0.2, -0.15) is 0 Å². The van der Waals surface area contributed by atoms with Gasteiger partial charge >= 0.3 is 88.7 Å². The largest absolute Gasteiger partial charge is 1.00 e. The van der Waals surface area contributed by atoms with Crippen LogP contribution in [0.5, 0.6) is 0 Å². The van der Waals surface area contributed by atoms with Crippen molar-refractivity contribution in [3.8, 4) is 45.6 Å². The second kappa shape index (κ2) is 14.7. The van der Waals surface area contributed by atoms with Crippen LogP contribution < -0.4 is 88.7 Å². The van der Waals surface area contributed by atoms with Crippen molar-refractivity contribution in [3.05, 3.63) is 78.9 Å². The first-order valence-corrected chi connectivity index (χ1v) is 19.1. The van der Waals surface area contributed by atoms with Gasteiger partial charge in [0.1, 0.15) is 52.9 Å². The van der Waals surface area contributed by atoms with Crippen LogP contribution in [-0.2, 0) is 30.4 Å². The number of aromatic amines is 2. The summed E-state index contributed by atoms with van der Waals surface area (Å²) in [5.74, 6) is 0.297. The van der Waals surface area contributed by atoms with Gasteiger partial charge in [-0.15, -0.1) is 0 Å². The fraction of sp³-hybridized carbons (Fsp3) is 0. The third-order valence-corrected chi connectivity index (χ3v) is 11.0. The van der Waals surface area contributed by atoms with E-state index in [1.54, 1.807) is 24.3 Å². The van der Waals surface area contributed by atoms with Crippen LogP contribution in [0.3, 0.4) is 0 Å². The molecule has 0 saturated heterocycles. The van der Waals surface area contributed by atoms with Crippen LogP contribution in [0.2, 0.25) is 0 Å². The van der Waals surface area contributed by atoms with E-state index in [0.29, 0.717) is 22.1 Å². The Kier molecular flexibility index (Phi) is 11.1. The summed E-state index contributed by atoms with van der Waals surface area (Å²) in [6.45, 7) is 0. The second-order valence-corrected chi connectivity index (χ2v) is 15.8. The van der Waals surface area contributed by atoms with Crippen molar-refractivity contribution in [2.24, 2.45) is 0 Å². The molecule has 55 heavy (non-hydrogen) atoms. The molecule has 4 aromatic carbocycles. The van der Waals surface area contributed by atoms with Gasteiger partial charge in [0.2, 0.25) is 0 Å². The number of rotatable bonds is 3. The molecule has 0 radical (unpaired) electrons. The van der Waals surface area contributed by atoms with Gasteiger partial charge in [-0.3, -0.25) is 0 Å². The molecule has 2 aliphatic rings. The van der Waals surface area contributed by atoms with Crippen LogP contribution in [0.1, 0.15) is 0 Å². The summed E-state index contributed by atoms with van der Waals surface area (Å²) >= 11 is 0. The zero-order chi connectivity index (χ0) is 36.3. The minimum atomic E-state index is -4.93. The summed E-state index contributed by atoms with van der Waals surface area (Å²) < 4.78 is 108. The molecule has 0 amide bonds. The van der Waals surface area contributed by atoms with Crippen molar-refractivity contribution in [2.45, 2.75) is 14.7 Å². The van der Waals surface area contributed by atoms with Crippen molar-refractivity contribution in [3.63, 3.8) is 0 Å². The van der Waals surface area contributed by atoms with Gasteiger partial charge in [0.25, 0.3) is 0 Å². The smallest absolute Gasteiger partial charge is 0.744 e. The molecule has 3 aromatic heterocycles. The number of H-pyrrole nitrogens is 2. The predicted molar refractivity (Wildman–Crippen MR) is 180 cm³/mol. The standard InChI is InChI=1S/C32H18N8O9S3.3Na/c41-50(42,43)14-5-8-19-22(11-14)31-36-27(19)34-25-17-3-1-2-4-18(17)26(33-25)35-30-23-12-15(51(44,45)46)6-9-20(23)28(37-30)39-32-24-13-16(52(47,48)49)7-10-21(24)29(38-31)40-32;;;/h1-13H,(H,41,42,43)(H,44,45,46)(H,47,48,49)(H2,33,34,35,36,37,38,39,40);;;/q;3*+1/p-3. The normalized spacial score (nSPS) is 12.3. The van der Waals surface area contributed by atoms with Gasteiger partial charge in [-0.05, 0) is 54.6 Å². The van der Waals surface area contributed by atoms with Crippen LogP contribution in [0.15, 0.2) is 93.5 Å². The van der Waals surface area contributed by atoms with E-state index < -0.39 is 45.0 Å². The zero-order valence-electron chi connectivity index (χ0n) is 28.6. The Balaban J connectivity index is 0.00000171. The van der Waals surface area contributed by atoms with Crippen LogP contribution in [0.4, 0.5) is 0 Å². The zero-order valence-corrected chi connectivity index (χ0v) is 37.0. The monoisotopic (exact) mass is 820 g/mol. The van der Waals surface area contributed by atoms with Gasteiger partial charge in [-0.1, -0.05) is 24.3 Å². The molecule has 9 rings (SSSR count). The van der Waals surface area contributed by atoms with E-state index >= 15 is 0 Å². The minimum Gasteiger partial charge on any atom is -0.744 e. The molecule has 0 atom stereocenters. The maximum absolute atomic E-state index is 12.0. The molecule has 0 saturated carbocycles. The molecule has 0 fully saturated rings. The summed E-state index contributed by atoms with van der Waals surface area (Å²) in [5, 5.41) is 0.887. The Morgan fingerprint density at radius 3 is 1.20 bits per heavy atom. The number of nitrogens with zero attached hydrogens (tertiary/aromatic N) is 6. The molecule has 0 spiro atoms.